The van der Waals surface area contributed by atoms with Gasteiger partial charge in [0.1, 0.15) is 11.4 Å². The van der Waals surface area contributed by atoms with Crippen LogP contribution in [0.5, 0.6) is 5.75 Å². The lowest BCUT2D eigenvalue weighted by molar-refractivity contribution is 0.0588. The Labute approximate surface area is 206 Å². The van der Waals surface area contributed by atoms with Crippen LogP contribution in [0.1, 0.15) is 22.3 Å². The minimum Gasteiger partial charge on any atom is -0.497 e. The van der Waals surface area contributed by atoms with Crippen LogP contribution in [-0.2, 0) is 16.4 Å². The first-order valence-electron chi connectivity index (χ1n) is 11.9. The van der Waals surface area contributed by atoms with Gasteiger partial charge in [0.2, 0.25) is 0 Å². The van der Waals surface area contributed by atoms with Crippen molar-refractivity contribution in [3.05, 3.63) is 71.9 Å². The van der Waals surface area contributed by atoms with Gasteiger partial charge in [0, 0.05) is 44.0 Å². The number of nitrogens with zero attached hydrogens (tertiary/aromatic N) is 4. The summed E-state index contributed by atoms with van der Waals surface area (Å²) in [5.74, 6) is 1.20. The van der Waals surface area contributed by atoms with E-state index in [0.29, 0.717) is 50.4 Å². The fraction of sp³-hybridized carbons (Fsp3) is 0.385. The first-order chi connectivity index (χ1) is 16.9. The van der Waals surface area contributed by atoms with E-state index in [1.54, 1.807) is 7.11 Å². The van der Waals surface area contributed by atoms with Crippen LogP contribution in [0.15, 0.2) is 60.8 Å². The van der Waals surface area contributed by atoms with E-state index in [4.69, 9.17) is 9.84 Å². The highest BCUT2D eigenvalue weighted by molar-refractivity contribution is 7.91. The predicted molar refractivity (Wildman–Crippen MR) is 134 cm³/mol. The van der Waals surface area contributed by atoms with Gasteiger partial charge in [-0.1, -0.05) is 30.3 Å². The summed E-state index contributed by atoms with van der Waals surface area (Å²) in [6.45, 7) is 3.08. The van der Waals surface area contributed by atoms with E-state index < -0.39 is 9.84 Å². The second-order valence-electron chi connectivity index (χ2n) is 9.19. The second-order valence-corrected chi connectivity index (χ2v) is 11.4. The molecule has 184 valence electrons. The van der Waals surface area contributed by atoms with E-state index in [9.17, 15) is 13.2 Å². The summed E-state index contributed by atoms with van der Waals surface area (Å²) in [5.41, 5.74) is 3.19. The lowest BCUT2D eigenvalue weighted by Crippen LogP contribution is -2.52. The molecule has 2 saturated heterocycles. The average Bonchev–Trinajstić information content (AvgIpc) is 3.47. The fourth-order valence-electron chi connectivity index (χ4n) is 4.92. The van der Waals surface area contributed by atoms with Gasteiger partial charge >= 0.3 is 0 Å². The molecule has 0 saturated carbocycles. The highest BCUT2D eigenvalue weighted by Gasteiger charge is 2.35. The number of carbonyl (C=O) groups is 1. The Hall–Kier alpha value is -3.17. The molecule has 0 radical (unpaired) electrons. The van der Waals surface area contributed by atoms with Gasteiger partial charge in [-0.2, -0.15) is 5.10 Å². The number of methoxy groups -OCH3 is 1. The second kappa shape index (κ2) is 9.83. The number of sulfone groups is 1. The van der Waals surface area contributed by atoms with Crippen LogP contribution in [0.3, 0.4) is 0 Å². The van der Waals surface area contributed by atoms with Gasteiger partial charge in [-0.3, -0.25) is 14.4 Å². The highest BCUT2D eigenvalue weighted by Crippen LogP contribution is 2.27. The van der Waals surface area contributed by atoms with Gasteiger partial charge in [-0.25, -0.2) is 8.42 Å². The van der Waals surface area contributed by atoms with Crippen molar-refractivity contribution in [3.8, 4) is 17.0 Å². The molecule has 0 aliphatic carbocycles. The predicted octanol–water partition coefficient (Wildman–Crippen LogP) is 2.55. The van der Waals surface area contributed by atoms with Crippen molar-refractivity contribution >= 4 is 15.7 Å². The molecule has 1 aromatic heterocycles. The van der Waals surface area contributed by atoms with Crippen molar-refractivity contribution in [2.45, 2.75) is 19.0 Å². The van der Waals surface area contributed by atoms with Gasteiger partial charge in [0.05, 0.1) is 30.7 Å². The summed E-state index contributed by atoms with van der Waals surface area (Å²) in [5, 5.41) is 4.79. The zero-order valence-corrected chi connectivity index (χ0v) is 20.7. The summed E-state index contributed by atoms with van der Waals surface area (Å²) in [6.07, 6.45) is 2.52. The van der Waals surface area contributed by atoms with Gasteiger partial charge in [-0.15, -0.1) is 0 Å². The first kappa shape index (κ1) is 23.6. The van der Waals surface area contributed by atoms with Crippen LogP contribution >= 0.6 is 0 Å². The molecule has 2 fully saturated rings. The number of benzene rings is 2. The van der Waals surface area contributed by atoms with Crippen molar-refractivity contribution < 1.29 is 17.9 Å². The molecule has 2 aliphatic heterocycles. The molecule has 2 aromatic carbocycles. The molecule has 1 amide bonds. The molecule has 35 heavy (non-hydrogen) atoms. The van der Waals surface area contributed by atoms with E-state index in [2.05, 4.69) is 4.90 Å². The maximum Gasteiger partial charge on any atom is 0.257 e. The Morgan fingerprint density at radius 2 is 1.74 bits per heavy atom. The molecule has 3 heterocycles. The van der Waals surface area contributed by atoms with E-state index in [-0.39, 0.29) is 23.5 Å². The van der Waals surface area contributed by atoms with Crippen molar-refractivity contribution in [2.75, 3.05) is 44.8 Å². The number of carbonyl (C=O) groups excluding carboxylic acids is 1. The van der Waals surface area contributed by atoms with Crippen LogP contribution in [0.2, 0.25) is 0 Å². The Morgan fingerprint density at radius 1 is 1.03 bits per heavy atom. The lowest BCUT2D eigenvalue weighted by Gasteiger charge is -2.37. The van der Waals surface area contributed by atoms with Crippen LogP contribution in [-0.4, -0.2) is 84.7 Å². The van der Waals surface area contributed by atoms with Crippen molar-refractivity contribution in [2.24, 2.45) is 0 Å². The largest absolute Gasteiger partial charge is 0.497 e. The first-order valence-corrected chi connectivity index (χ1v) is 13.7. The van der Waals surface area contributed by atoms with E-state index >= 15 is 0 Å². The third-order valence-corrected chi connectivity index (χ3v) is 8.62. The normalized spacial score (nSPS) is 20.1. The third kappa shape index (κ3) is 5.26. The summed E-state index contributed by atoms with van der Waals surface area (Å²) < 4.78 is 30.9. The molecular formula is C26H30N4O4S. The van der Waals surface area contributed by atoms with Crippen molar-refractivity contribution in [3.63, 3.8) is 0 Å². The lowest BCUT2D eigenvalue weighted by atomic mass is 10.1. The number of aromatic nitrogens is 2. The van der Waals surface area contributed by atoms with Gasteiger partial charge in [0.15, 0.2) is 9.84 Å². The fourth-order valence-corrected chi connectivity index (χ4v) is 6.68. The molecule has 8 nitrogen and oxygen atoms in total. The van der Waals surface area contributed by atoms with Crippen molar-refractivity contribution in [1.82, 2.24) is 19.6 Å². The van der Waals surface area contributed by atoms with Gasteiger partial charge in [0.25, 0.3) is 5.91 Å². The van der Waals surface area contributed by atoms with Crippen LogP contribution < -0.4 is 4.74 Å². The van der Waals surface area contributed by atoms with Gasteiger partial charge < -0.3 is 9.64 Å². The van der Waals surface area contributed by atoms with Gasteiger partial charge in [-0.05, 0) is 36.2 Å². The number of amides is 1. The van der Waals surface area contributed by atoms with Crippen molar-refractivity contribution in [1.29, 1.82) is 0 Å². The summed E-state index contributed by atoms with van der Waals surface area (Å²) >= 11 is 0. The maximum atomic E-state index is 13.6. The Balaban J connectivity index is 1.36. The maximum absolute atomic E-state index is 13.6. The summed E-state index contributed by atoms with van der Waals surface area (Å²) in [6, 6.07) is 17.7. The monoisotopic (exact) mass is 494 g/mol. The molecule has 0 unspecified atom stereocenters. The third-order valence-electron chi connectivity index (χ3n) is 6.87. The average molecular weight is 495 g/mol. The SMILES string of the molecule is COc1ccc(-c2nn(Cc3ccccc3)cc2C(=O)N2CCN([C@H]3CCS(=O)(=O)C3)CC2)cc1. The Morgan fingerprint density at radius 3 is 2.37 bits per heavy atom. The molecule has 5 rings (SSSR count). The Bertz CT molecular complexity index is 1280. The standard InChI is InChI=1S/C26H30N4O4S/c1-34-23-9-7-21(8-10-23)25-24(18-30(27-25)17-20-5-3-2-4-6-20)26(31)29-14-12-28(13-15-29)22-11-16-35(32,33)19-22/h2-10,18,22H,11-17,19H2,1H3/t22-/m0/s1. The highest BCUT2D eigenvalue weighted by atomic mass is 32.2. The number of piperazine rings is 1. The molecule has 3 aromatic rings. The topological polar surface area (TPSA) is 84.7 Å². The van der Waals surface area contributed by atoms with Crippen LogP contribution in [0, 0.1) is 0 Å². The number of hydrogen-bond donors (Lipinski definition) is 0. The minimum atomic E-state index is -2.92. The zero-order chi connectivity index (χ0) is 24.4. The Kier molecular flexibility index (Phi) is 6.62. The summed E-state index contributed by atoms with van der Waals surface area (Å²) in [7, 11) is -1.30. The molecule has 1 atom stereocenters. The molecule has 0 bridgehead atoms. The van der Waals surface area contributed by atoms with E-state index in [1.165, 1.54) is 0 Å². The van der Waals surface area contributed by atoms with Crippen LogP contribution in [0.25, 0.3) is 11.3 Å². The minimum absolute atomic E-state index is 0.0474. The van der Waals surface area contributed by atoms with E-state index in [0.717, 1.165) is 16.9 Å². The summed E-state index contributed by atoms with van der Waals surface area (Å²) in [4.78, 5) is 17.7. The molecule has 0 spiro atoms. The van der Waals surface area contributed by atoms with Crippen LogP contribution in [0.4, 0.5) is 0 Å². The molecule has 2 aliphatic rings. The quantitative estimate of drug-likeness (QED) is 0.524. The molecular weight excluding hydrogens is 464 g/mol. The molecule has 9 heteroatoms. The zero-order valence-electron chi connectivity index (χ0n) is 19.8. The molecule has 0 N–H and O–H groups in total. The number of rotatable bonds is 6. The number of hydrogen-bond acceptors (Lipinski definition) is 6. The number of ether oxygens (including phenoxy) is 1. The van der Waals surface area contributed by atoms with E-state index in [1.807, 2.05) is 70.4 Å². The smallest absolute Gasteiger partial charge is 0.257 e.